The SMILES string of the molecule is CCCN1CCN(C(=O)c2sc3ncn(CC(=O)N4CCCC(C)C4)c(=O)c3c2C)CC1. The molecule has 0 aliphatic carbocycles. The van der Waals surface area contributed by atoms with Crippen LogP contribution in [-0.2, 0) is 11.3 Å². The molecule has 2 aromatic rings. The van der Waals surface area contributed by atoms with Crippen LogP contribution in [0, 0.1) is 12.8 Å². The minimum absolute atomic E-state index is 0.00749. The first-order valence-corrected chi connectivity index (χ1v) is 12.5. The van der Waals surface area contributed by atoms with E-state index < -0.39 is 0 Å². The topological polar surface area (TPSA) is 78.8 Å². The lowest BCUT2D eigenvalue weighted by Crippen LogP contribution is -2.48. The molecule has 8 nitrogen and oxygen atoms in total. The highest BCUT2D eigenvalue weighted by atomic mass is 32.1. The molecule has 2 fully saturated rings. The Bertz CT molecular complexity index is 1050. The second kappa shape index (κ2) is 9.70. The van der Waals surface area contributed by atoms with Crippen LogP contribution in [0.4, 0.5) is 0 Å². The van der Waals surface area contributed by atoms with Gasteiger partial charge in [-0.3, -0.25) is 23.9 Å². The van der Waals surface area contributed by atoms with Crippen molar-refractivity contribution in [3.63, 3.8) is 0 Å². The van der Waals surface area contributed by atoms with Crippen LogP contribution in [0.1, 0.15) is 48.3 Å². The molecule has 0 saturated carbocycles. The van der Waals surface area contributed by atoms with E-state index in [1.165, 1.54) is 22.2 Å². The van der Waals surface area contributed by atoms with Crippen molar-refractivity contribution in [3.05, 3.63) is 27.1 Å². The summed E-state index contributed by atoms with van der Waals surface area (Å²) in [5.74, 6) is 0.418. The van der Waals surface area contributed by atoms with Gasteiger partial charge in [0.25, 0.3) is 11.5 Å². The molecule has 2 saturated heterocycles. The third-order valence-electron chi connectivity index (χ3n) is 6.63. The van der Waals surface area contributed by atoms with Gasteiger partial charge in [0.05, 0.1) is 16.6 Å². The van der Waals surface area contributed by atoms with Gasteiger partial charge in [0.1, 0.15) is 11.4 Å². The van der Waals surface area contributed by atoms with E-state index in [-0.39, 0.29) is 23.9 Å². The molecule has 0 spiro atoms. The smallest absolute Gasteiger partial charge is 0.264 e. The molecule has 4 heterocycles. The minimum Gasteiger partial charge on any atom is -0.341 e. The van der Waals surface area contributed by atoms with E-state index in [2.05, 4.69) is 23.7 Å². The number of piperidine rings is 1. The molecule has 9 heteroatoms. The molecule has 0 bridgehead atoms. The predicted molar refractivity (Wildman–Crippen MR) is 126 cm³/mol. The summed E-state index contributed by atoms with van der Waals surface area (Å²) >= 11 is 1.28. The van der Waals surface area contributed by atoms with Gasteiger partial charge in [-0.25, -0.2) is 4.98 Å². The molecule has 2 aliphatic rings. The third kappa shape index (κ3) is 4.59. The number of amides is 2. The molecule has 2 aliphatic heterocycles. The van der Waals surface area contributed by atoms with Crippen LogP contribution < -0.4 is 5.56 Å². The van der Waals surface area contributed by atoms with Crippen molar-refractivity contribution >= 4 is 33.4 Å². The average molecular weight is 460 g/mol. The predicted octanol–water partition coefficient (Wildman–Crippen LogP) is 2.19. The number of thiophene rings is 1. The fourth-order valence-corrected chi connectivity index (χ4v) is 5.88. The Morgan fingerprint density at radius 1 is 1.16 bits per heavy atom. The Morgan fingerprint density at radius 2 is 1.91 bits per heavy atom. The Hall–Kier alpha value is -2.26. The zero-order chi connectivity index (χ0) is 22.8. The summed E-state index contributed by atoms with van der Waals surface area (Å²) < 4.78 is 1.39. The summed E-state index contributed by atoms with van der Waals surface area (Å²) in [7, 11) is 0. The molecule has 1 atom stereocenters. The number of carbonyl (C=O) groups is 2. The van der Waals surface area contributed by atoms with Crippen LogP contribution in [0.15, 0.2) is 11.1 Å². The first-order valence-electron chi connectivity index (χ1n) is 11.7. The van der Waals surface area contributed by atoms with Crippen molar-refractivity contribution in [2.75, 3.05) is 45.8 Å². The molecule has 0 aromatic carbocycles. The summed E-state index contributed by atoms with van der Waals surface area (Å²) in [5.41, 5.74) is 0.436. The Balaban J connectivity index is 1.53. The number of carbonyl (C=O) groups excluding carboxylic acids is 2. The first kappa shape index (κ1) is 22.9. The van der Waals surface area contributed by atoms with Crippen molar-refractivity contribution in [3.8, 4) is 0 Å². The Morgan fingerprint density at radius 3 is 2.59 bits per heavy atom. The lowest BCUT2D eigenvalue weighted by atomic mass is 10.0. The maximum absolute atomic E-state index is 13.2. The van der Waals surface area contributed by atoms with E-state index in [0.29, 0.717) is 39.7 Å². The highest BCUT2D eigenvalue weighted by Gasteiger charge is 2.27. The highest BCUT2D eigenvalue weighted by Crippen LogP contribution is 2.28. The summed E-state index contributed by atoms with van der Waals surface area (Å²) in [6.07, 6.45) is 4.70. The normalized spacial score (nSPS) is 20.2. The number of aromatic nitrogens is 2. The van der Waals surface area contributed by atoms with Crippen molar-refractivity contribution in [1.29, 1.82) is 0 Å². The molecule has 0 radical (unpaired) electrons. The van der Waals surface area contributed by atoms with Gasteiger partial charge in [0.15, 0.2) is 0 Å². The maximum atomic E-state index is 13.2. The first-order chi connectivity index (χ1) is 15.4. The van der Waals surface area contributed by atoms with Crippen LogP contribution in [-0.4, -0.2) is 81.9 Å². The van der Waals surface area contributed by atoms with Crippen molar-refractivity contribution in [2.45, 2.75) is 46.6 Å². The lowest BCUT2D eigenvalue weighted by Gasteiger charge is -2.34. The summed E-state index contributed by atoms with van der Waals surface area (Å²) in [6, 6.07) is 0. The number of aryl methyl sites for hydroxylation is 1. The fraction of sp³-hybridized carbons (Fsp3) is 0.652. The molecule has 1 unspecified atom stereocenters. The van der Waals surface area contributed by atoms with Gasteiger partial charge in [0, 0.05) is 39.3 Å². The number of nitrogens with zero attached hydrogens (tertiary/aromatic N) is 5. The van der Waals surface area contributed by atoms with Gasteiger partial charge in [-0.05, 0) is 44.2 Å². The second-order valence-electron chi connectivity index (χ2n) is 9.13. The number of likely N-dealkylation sites (tertiary alicyclic amines) is 1. The average Bonchev–Trinajstić information content (AvgIpc) is 3.13. The maximum Gasteiger partial charge on any atom is 0.264 e. The number of rotatable bonds is 5. The van der Waals surface area contributed by atoms with E-state index in [9.17, 15) is 14.4 Å². The fourth-order valence-electron chi connectivity index (χ4n) is 4.77. The summed E-state index contributed by atoms with van der Waals surface area (Å²) in [6.45, 7) is 11.8. The van der Waals surface area contributed by atoms with E-state index in [4.69, 9.17) is 0 Å². The lowest BCUT2D eigenvalue weighted by molar-refractivity contribution is -0.133. The standard InChI is InChI=1S/C23H33N5O3S/c1-4-7-25-9-11-26(12-10-25)23(31)20-17(3)19-21(32-20)24-15-28(22(19)30)14-18(29)27-8-5-6-16(2)13-27/h15-16H,4-14H2,1-3H3. The zero-order valence-corrected chi connectivity index (χ0v) is 20.1. The Labute approximate surface area is 192 Å². The van der Waals surface area contributed by atoms with Crippen molar-refractivity contribution in [1.82, 2.24) is 24.3 Å². The molecular formula is C23H33N5O3S. The summed E-state index contributed by atoms with van der Waals surface area (Å²) in [4.78, 5) is 50.8. The molecular weight excluding hydrogens is 426 g/mol. The van der Waals surface area contributed by atoms with Gasteiger partial charge < -0.3 is 9.80 Å². The number of hydrogen-bond donors (Lipinski definition) is 0. The van der Waals surface area contributed by atoms with Crippen LogP contribution in [0.5, 0.6) is 0 Å². The van der Waals surface area contributed by atoms with Crippen LogP contribution in [0.2, 0.25) is 0 Å². The quantitative estimate of drug-likeness (QED) is 0.685. The zero-order valence-electron chi connectivity index (χ0n) is 19.3. The molecule has 32 heavy (non-hydrogen) atoms. The van der Waals surface area contributed by atoms with Crippen LogP contribution >= 0.6 is 11.3 Å². The number of piperazine rings is 1. The van der Waals surface area contributed by atoms with Crippen LogP contribution in [0.3, 0.4) is 0 Å². The summed E-state index contributed by atoms with van der Waals surface area (Å²) in [5, 5.41) is 0.463. The van der Waals surface area contributed by atoms with E-state index >= 15 is 0 Å². The van der Waals surface area contributed by atoms with Crippen molar-refractivity contribution in [2.24, 2.45) is 5.92 Å². The van der Waals surface area contributed by atoms with E-state index in [0.717, 1.165) is 52.0 Å². The molecule has 0 N–H and O–H groups in total. The van der Waals surface area contributed by atoms with E-state index in [1.54, 1.807) is 0 Å². The van der Waals surface area contributed by atoms with Gasteiger partial charge in [-0.1, -0.05) is 13.8 Å². The Kier molecular flexibility index (Phi) is 6.95. The third-order valence-corrected chi connectivity index (χ3v) is 7.81. The van der Waals surface area contributed by atoms with Gasteiger partial charge in [-0.2, -0.15) is 0 Å². The largest absolute Gasteiger partial charge is 0.341 e. The minimum atomic E-state index is -0.242. The van der Waals surface area contributed by atoms with E-state index in [1.807, 2.05) is 16.7 Å². The van der Waals surface area contributed by atoms with Crippen LogP contribution in [0.25, 0.3) is 10.2 Å². The molecule has 2 aromatic heterocycles. The van der Waals surface area contributed by atoms with Gasteiger partial charge in [0.2, 0.25) is 5.91 Å². The molecule has 4 rings (SSSR count). The molecule has 174 valence electrons. The monoisotopic (exact) mass is 459 g/mol. The molecule has 2 amide bonds. The number of hydrogen-bond acceptors (Lipinski definition) is 6. The van der Waals surface area contributed by atoms with Gasteiger partial charge in [-0.15, -0.1) is 11.3 Å². The second-order valence-corrected chi connectivity index (χ2v) is 10.1. The number of fused-ring (bicyclic) bond motifs is 1. The highest BCUT2D eigenvalue weighted by molar-refractivity contribution is 7.20. The van der Waals surface area contributed by atoms with Gasteiger partial charge >= 0.3 is 0 Å². The van der Waals surface area contributed by atoms with Crippen molar-refractivity contribution < 1.29 is 9.59 Å².